The number of aryl methyl sites for hydroxylation is 1. The third-order valence-electron chi connectivity index (χ3n) is 4.55. The van der Waals surface area contributed by atoms with Crippen molar-refractivity contribution >= 4 is 5.96 Å². The van der Waals surface area contributed by atoms with Crippen LogP contribution in [0.25, 0.3) is 0 Å². The third kappa shape index (κ3) is 3.58. The molecule has 4 rings (SSSR count). The van der Waals surface area contributed by atoms with Gasteiger partial charge >= 0.3 is 0 Å². The smallest absolute Gasteiger partial charge is 0.231 e. The first-order valence-electron chi connectivity index (χ1n) is 9.15. The minimum Gasteiger partial charge on any atom is -0.454 e. The molecule has 1 aromatic carbocycles. The lowest BCUT2D eigenvalue weighted by atomic mass is 10.2. The van der Waals surface area contributed by atoms with E-state index in [2.05, 4.69) is 37.3 Å². The van der Waals surface area contributed by atoms with Crippen molar-refractivity contribution in [3.05, 3.63) is 35.4 Å². The average Bonchev–Trinajstić information content (AvgIpc) is 3.30. The predicted molar refractivity (Wildman–Crippen MR) is 97.2 cm³/mol. The maximum Gasteiger partial charge on any atom is 0.231 e. The van der Waals surface area contributed by atoms with Gasteiger partial charge < -0.3 is 24.7 Å². The summed E-state index contributed by atoms with van der Waals surface area (Å²) >= 11 is 0. The second kappa shape index (κ2) is 7.63. The van der Waals surface area contributed by atoms with E-state index in [0.29, 0.717) is 13.1 Å². The lowest BCUT2D eigenvalue weighted by molar-refractivity contribution is 0.174. The minimum absolute atomic E-state index is 0.287. The van der Waals surface area contributed by atoms with Crippen LogP contribution in [0.3, 0.4) is 0 Å². The Bertz CT molecular complexity index is 801. The summed E-state index contributed by atoms with van der Waals surface area (Å²) in [6.45, 7) is 5.31. The Labute approximate surface area is 152 Å². The van der Waals surface area contributed by atoms with Gasteiger partial charge in [0.05, 0.1) is 13.1 Å². The largest absolute Gasteiger partial charge is 0.454 e. The van der Waals surface area contributed by atoms with E-state index in [0.717, 1.165) is 54.2 Å². The number of hydrogen-bond donors (Lipinski definition) is 2. The van der Waals surface area contributed by atoms with Gasteiger partial charge in [-0.2, -0.15) is 0 Å². The van der Waals surface area contributed by atoms with E-state index in [9.17, 15) is 0 Å². The van der Waals surface area contributed by atoms with Gasteiger partial charge in [0.15, 0.2) is 23.3 Å². The van der Waals surface area contributed by atoms with Gasteiger partial charge in [0.1, 0.15) is 5.82 Å². The van der Waals surface area contributed by atoms with Crippen molar-refractivity contribution < 1.29 is 9.47 Å². The lowest BCUT2D eigenvalue weighted by Gasteiger charge is -2.16. The molecule has 0 saturated heterocycles. The van der Waals surface area contributed by atoms with Crippen LogP contribution < -0.4 is 20.1 Å². The van der Waals surface area contributed by atoms with Gasteiger partial charge in [-0.25, -0.2) is 4.99 Å². The standard InChI is InChI=1S/C18H24N6O2/c1-2-19-18(20-10-13-6-7-14-15(9-13)26-12-25-14)21-11-17-23-22-16-5-3-4-8-24(16)17/h6-7,9H,2-5,8,10-12H2,1H3,(H2,19,20,21). The second-order valence-corrected chi connectivity index (χ2v) is 6.38. The summed E-state index contributed by atoms with van der Waals surface area (Å²) in [7, 11) is 0. The molecule has 2 aromatic rings. The van der Waals surface area contributed by atoms with E-state index in [-0.39, 0.29) is 6.79 Å². The van der Waals surface area contributed by atoms with Crippen LogP contribution in [0, 0.1) is 0 Å². The van der Waals surface area contributed by atoms with Crippen molar-refractivity contribution in [2.75, 3.05) is 13.3 Å². The van der Waals surface area contributed by atoms with E-state index in [1.807, 2.05) is 18.2 Å². The highest BCUT2D eigenvalue weighted by atomic mass is 16.7. The molecular formula is C18H24N6O2. The highest BCUT2D eigenvalue weighted by Crippen LogP contribution is 2.32. The molecular weight excluding hydrogens is 332 g/mol. The summed E-state index contributed by atoms with van der Waals surface area (Å²) in [4.78, 5) is 4.66. The fraction of sp³-hybridized carbons (Fsp3) is 0.500. The summed E-state index contributed by atoms with van der Waals surface area (Å²) in [5.74, 6) is 4.40. The molecule has 8 nitrogen and oxygen atoms in total. The van der Waals surface area contributed by atoms with Gasteiger partial charge in [-0.15, -0.1) is 10.2 Å². The number of hydrogen-bond acceptors (Lipinski definition) is 5. The van der Waals surface area contributed by atoms with E-state index < -0.39 is 0 Å². The number of guanidine groups is 1. The third-order valence-corrected chi connectivity index (χ3v) is 4.55. The molecule has 3 heterocycles. The normalized spacial score (nSPS) is 15.7. The number of nitrogens with one attached hydrogen (secondary N) is 2. The predicted octanol–water partition coefficient (Wildman–Crippen LogP) is 1.60. The first kappa shape index (κ1) is 16.7. The highest BCUT2D eigenvalue weighted by Gasteiger charge is 2.16. The number of fused-ring (bicyclic) bond motifs is 2. The van der Waals surface area contributed by atoms with E-state index >= 15 is 0 Å². The molecule has 2 N–H and O–H groups in total. The Hall–Kier alpha value is -2.77. The zero-order valence-corrected chi connectivity index (χ0v) is 15.0. The number of benzene rings is 1. The average molecular weight is 356 g/mol. The van der Waals surface area contributed by atoms with Gasteiger partial charge in [-0.3, -0.25) is 0 Å². The minimum atomic E-state index is 0.287. The van der Waals surface area contributed by atoms with Crippen LogP contribution in [0.2, 0.25) is 0 Å². The zero-order valence-electron chi connectivity index (χ0n) is 15.0. The molecule has 0 saturated carbocycles. The summed E-state index contributed by atoms with van der Waals surface area (Å²) in [5.41, 5.74) is 1.08. The molecule has 2 aliphatic rings. The molecule has 0 spiro atoms. The topological polar surface area (TPSA) is 85.6 Å². The molecule has 0 radical (unpaired) electrons. The van der Waals surface area contributed by atoms with Crippen molar-refractivity contribution in [1.29, 1.82) is 0 Å². The first-order valence-corrected chi connectivity index (χ1v) is 9.15. The van der Waals surface area contributed by atoms with Crippen molar-refractivity contribution in [3.63, 3.8) is 0 Å². The Kier molecular flexibility index (Phi) is 4.90. The molecule has 0 amide bonds. The van der Waals surface area contributed by atoms with Gasteiger partial charge in [0.25, 0.3) is 0 Å². The summed E-state index contributed by atoms with van der Waals surface area (Å²) in [6.07, 6.45) is 3.41. The van der Waals surface area contributed by atoms with E-state index in [4.69, 9.17) is 9.47 Å². The fourth-order valence-corrected chi connectivity index (χ4v) is 3.21. The molecule has 138 valence electrons. The van der Waals surface area contributed by atoms with Gasteiger partial charge in [-0.05, 0) is 37.5 Å². The van der Waals surface area contributed by atoms with Crippen LogP contribution in [0.5, 0.6) is 11.5 Å². The second-order valence-electron chi connectivity index (χ2n) is 6.38. The molecule has 0 unspecified atom stereocenters. The number of ether oxygens (including phenoxy) is 2. The monoisotopic (exact) mass is 356 g/mol. The summed E-state index contributed by atoms with van der Waals surface area (Å²) in [6, 6.07) is 5.91. The van der Waals surface area contributed by atoms with Crippen LogP contribution >= 0.6 is 0 Å². The quantitative estimate of drug-likeness (QED) is 0.625. The summed E-state index contributed by atoms with van der Waals surface area (Å²) < 4.78 is 13.0. The Morgan fingerprint density at radius 3 is 3.04 bits per heavy atom. The number of rotatable bonds is 5. The van der Waals surface area contributed by atoms with Crippen LogP contribution in [0.15, 0.2) is 23.2 Å². The molecule has 8 heteroatoms. The fourth-order valence-electron chi connectivity index (χ4n) is 3.21. The van der Waals surface area contributed by atoms with Crippen molar-refractivity contribution in [1.82, 2.24) is 25.4 Å². The number of aromatic nitrogens is 3. The van der Waals surface area contributed by atoms with E-state index in [1.54, 1.807) is 0 Å². The first-order chi connectivity index (χ1) is 12.8. The molecule has 1 aromatic heterocycles. The van der Waals surface area contributed by atoms with Crippen molar-refractivity contribution in [2.45, 2.75) is 45.8 Å². The molecule has 0 fully saturated rings. The van der Waals surface area contributed by atoms with Gasteiger partial charge in [-0.1, -0.05) is 6.07 Å². The zero-order chi connectivity index (χ0) is 17.8. The summed E-state index contributed by atoms with van der Waals surface area (Å²) in [5, 5.41) is 15.2. The Morgan fingerprint density at radius 1 is 1.19 bits per heavy atom. The lowest BCUT2D eigenvalue weighted by Crippen LogP contribution is -2.37. The van der Waals surface area contributed by atoms with Gasteiger partial charge in [0, 0.05) is 19.5 Å². The molecule has 0 atom stereocenters. The maximum absolute atomic E-state index is 5.42. The van der Waals surface area contributed by atoms with Crippen molar-refractivity contribution in [3.8, 4) is 11.5 Å². The van der Waals surface area contributed by atoms with Crippen LogP contribution in [0.1, 0.15) is 37.0 Å². The Morgan fingerprint density at radius 2 is 2.12 bits per heavy atom. The van der Waals surface area contributed by atoms with E-state index in [1.165, 1.54) is 12.8 Å². The van der Waals surface area contributed by atoms with Gasteiger partial charge in [0.2, 0.25) is 6.79 Å². The van der Waals surface area contributed by atoms with Crippen molar-refractivity contribution in [2.24, 2.45) is 4.99 Å². The number of nitrogens with zero attached hydrogens (tertiary/aromatic N) is 4. The Balaban J connectivity index is 1.40. The SMILES string of the molecule is CCNC(=NCc1ccc2c(c1)OCO2)NCc1nnc2n1CCCC2. The highest BCUT2D eigenvalue weighted by molar-refractivity contribution is 5.79. The van der Waals surface area contributed by atoms with Crippen LogP contribution in [-0.4, -0.2) is 34.1 Å². The molecule has 26 heavy (non-hydrogen) atoms. The van der Waals surface area contributed by atoms with Crippen LogP contribution in [0.4, 0.5) is 0 Å². The molecule has 0 bridgehead atoms. The maximum atomic E-state index is 5.42. The van der Waals surface area contributed by atoms with Crippen LogP contribution in [-0.2, 0) is 26.1 Å². The molecule has 2 aliphatic heterocycles. The number of aliphatic imine (C=N–C) groups is 1. The molecule has 0 aliphatic carbocycles.